The van der Waals surface area contributed by atoms with Gasteiger partial charge in [0.1, 0.15) is 0 Å². The molecule has 2 fully saturated rings. The van der Waals surface area contributed by atoms with Gasteiger partial charge in [-0.3, -0.25) is 0 Å². The van der Waals surface area contributed by atoms with Crippen molar-refractivity contribution in [1.82, 2.24) is 10.2 Å². The Labute approximate surface area is 62.6 Å². The van der Waals surface area contributed by atoms with Gasteiger partial charge in [-0.25, -0.2) is 0 Å². The van der Waals surface area contributed by atoms with E-state index in [0.29, 0.717) is 5.54 Å². The molecule has 0 aromatic rings. The third-order valence-corrected chi connectivity index (χ3v) is 2.88. The Morgan fingerprint density at radius 3 is 2.80 bits per heavy atom. The second-order valence-electron chi connectivity index (χ2n) is 3.80. The maximum Gasteiger partial charge on any atom is 0.0321 e. The zero-order chi connectivity index (χ0) is 7.03. The van der Waals surface area contributed by atoms with Crippen LogP contribution in [0.3, 0.4) is 0 Å². The fourth-order valence-electron chi connectivity index (χ4n) is 2.30. The standard InChI is InChI=1S/C8H16N2/c1-10-6-4-8(7-10)3-2-5-9-8/h9H,2-7H2,1H3. The predicted molar refractivity (Wildman–Crippen MR) is 42.1 cm³/mol. The van der Waals surface area contributed by atoms with Crippen LogP contribution in [0.4, 0.5) is 0 Å². The molecule has 0 radical (unpaired) electrons. The fraction of sp³-hybridized carbons (Fsp3) is 1.00. The molecule has 1 atom stereocenters. The molecule has 2 rings (SSSR count). The van der Waals surface area contributed by atoms with Crippen molar-refractivity contribution in [2.24, 2.45) is 0 Å². The van der Waals surface area contributed by atoms with E-state index >= 15 is 0 Å². The van der Waals surface area contributed by atoms with Crippen molar-refractivity contribution in [1.29, 1.82) is 0 Å². The molecule has 1 spiro atoms. The number of hydrogen-bond acceptors (Lipinski definition) is 2. The maximum atomic E-state index is 3.62. The number of nitrogens with zero attached hydrogens (tertiary/aromatic N) is 1. The summed E-state index contributed by atoms with van der Waals surface area (Å²) in [6.45, 7) is 3.80. The van der Waals surface area contributed by atoms with Gasteiger partial charge >= 0.3 is 0 Å². The topological polar surface area (TPSA) is 15.3 Å². The quantitative estimate of drug-likeness (QED) is 0.525. The van der Waals surface area contributed by atoms with Crippen LogP contribution in [-0.2, 0) is 0 Å². The molecule has 2 aliphatic rings. The average Bonchev–Trinajstić information content (AvgIpc) is 2.46. The van der Waals surface area contributed by atoms with Crippen molar-refractivity contribution in [3.05, 3.63) is 0 Å². The van der Waals surface area contributed by atoms with Crippen LogP contribution in [0.5, 0.6) is 0 Å². The Morgan fingerprint density at radius 2 is 2.30 bits per heavy atom. The van der Waals surface area contributed by atoms with Gasteiger partial charge in [-0.15, -0.1) is 0 Å². The Balaban J connectivity index is 2.03. The zero-order valence-electron chi connectivity index (χ0n) is 6.69. The van der Waals surface area contributed by atoms with E-state index < -0.39 is 0 Å². The van der Waals surface area contributed by atoms with Gasteiger partial charge in [0.2, 0.25) is 0 Å². The molecule has 2 nitrogen and oxygen atoms in total. The van der Waals surface area contributed by atoms with E-state index in [4.69, 9.17) is 0 Å². The predicted octanol–water partition coefficient (Wildman–Crippen LogP) is 0.444. The van der Waals surface area contributed by atoms with Gasteiger partial charge in [0, 0.05) is 12.1 Å². The first-order valence-electron chi connectivity index (χ1n) is 4.24. The third kappa shape index (κ3) is 0.956. The van der Waals surface area contributed by atoms with Gasteiger partial charge in [0.25, 0.3) is 0 Å². The number of likely N-dealkylation sites (N-methyl/N-ethyl adjacent to an activating group) is 1. The van der Waals surface area contributed by atoms with E-state index in [2.05, 4.69) is 17.3 Å². The highest BCUT2D eigenvalue weighted by atomic mass is 15.2. The van der Waals surface area contributed by atoms with Crippen LogP contribution in [0.2, 0.25) is 0 Å². The lowest BCUT2D eigenvalue weighted by Crippen LogP contribution is -2.41. The maximum absolute atomic E-state index is 3.62. The molecule has 0 amide bonds. The summed E-state index contributed by atoms with van der Waals surface area (Å²) in [5.74, 6) is 0. The molecule has 2 heterocycles. The molecule has 0 bridgehead atoms. The fourth-order valence-corrected chi connectivity index (χ4v) is 2.30. The van der Waals surface area contributed by atoms with E-state index in [1.807, 2.05) is 0 Å². The molecule has 0 aromatic carbocycles. The Morgan fingerprint density at radius 1 is 1.40 bits per heavy atom. The van der Waals surface area contributed by atoms with Crippen molar-refractivity contribution in [2.45, 2.75) is 24.8 Å². The first-order chi connectivity index (χ1) is 4.81. The van der Waals surface area contributed by atoms with E-state index in [9.17, 15) is 0 Å². The minimum absolute atomic E-state index is 0.536. The lowest BCUT2D eigenvalue weighted by atomic mass is 9.97. The van der Waals surface area contributed by atoms with Crippen LogP contribution in [-0.4, -0.2) is 37.1 Å². The summed E-state index contributed by atoms with van der Waals surface area (Å²) in [4.78, 5) is 2.43. The molecule has 1 unspecified atom stereocenters. The van der Waals surface area contributed by atoms with Crippen LogP contribution >= 0.6 is 0 Å². The number of likely N-dealkylation sites (tertiary alicyclic amines) is 1. The largest absolute Gasteiger partial charge is 0.310 e. The molecule has 0 aromatic heterocycles. The number of rotatable bonds is 0. The summed E-state index contributed by atoms with van der Waals surface area (Å²) < 4.78 is 0. The summed E-state index contributed by atoms with van der Waals surface area (Å²) in [6.07, 6.45) is 4.15. The Hall–Kier alpha value is -0.0800. The normalized spacial score (nSPS) is 41.7. The van der Waals surface area contributed by atoms with Gasteiger partial charge in [-0.1, -0.05) is 0 Å². The van der Waals surface area contributed by atoms with Crippen molar-refractivity contribution in [3.8, 4) is 0 Å². The highest BCUT2D eigenvalue weighted by molar-refractivity contribution is 4.99. The first kappa shape index (κ1) is 6.62. The third-order valence-electron chi connectivity index (χ3n) is 2.88. The molecule has 58 valence electrons. The van der Waals surface area contributed by atoms with Gasteiger partial charge in [0.15, 0.2) is 0 Å². The van der Waals surface area contributed by atoms with E-state index in [0.717, 1.165) is 0 Å². The van der Waals surface area contributed by atoms with Gasteiger partial charge in [-0.05, 0) is 39.4 Å². The van der Waals surface area contributed by atoms with Crippen LogP contribution in [0, 0.1) is 0 Å². The summed E-state index contributed by atoms with van der Waals surface area (Å²) in [7, 11) is 2.22. The summed E-state index contributed by atoms with van der Waals surface area (Å²) in [5, 5.41) is 3.62. The molecule has 10 heavy (non-hydrogen) atoms. The van der Waals surface area contributed by atoms with Gasteiger partial charge in [0.05, 0.1) is 0 Å². The molecule has 2 saturated heterocycles. The van der Waals surface area contributed by atoms with Crippen molar-refractivity contribution in [3.63, 3.8) is 0 Å². The highest BCUT2D eigenvalue weighted by Crippen LogP contribution is 2.28. The lowest BCUT2D eigenvalue weighted by Gasteiger charge is -2.22. The SMILES string of the molecule is CN1CCC2(CCCN2)C1. The van der Waals surface area contributed by atoms with E-state index in [-0.39, 0.29) is 0 Å². The summed E-state index contributed by atoms with van der Waals surface area (Å²) in [5.41, 5.74) is 0.536. The van der Waals surface area contributed by atoms with E-state index in [1.54, 1.807) is 0 Å². The number of nitrogens with one attached hydrogen (secondary N) is 1. The minimum Gasteiger partial charge on any atom is -0.310 e. The van der Waals surface area contributed by atoms with Crippen LogP contribution in [0.15, 0.2) is 0 Å². The van der Waals surface area contributed by atoms with E-state index in [1.165, 1.54) is 38.9 Å². The molecule has 2 aliphatic heterocycles. The molecular formula is C8H16N2. The molecule has 2 heteroatoms. The van der Waals surface area contributed by atoms with Crippen LogP contribution in [0.1, 0.15) is 19.3 Å². The highest BCUT2D eigenvalue weighted by Gasteiger charge is 2.38. The van der Waals surface area contributed by atoms with Crippen molar-refractivity contribution in [2.75, 3.05) is 26.7 Å². The minimum atomic E-state index is 0.536. The molecule has 0 saturated carbocycles. The van der Waals surface area contributed by atoms with Crippen molar-refractivity contribution < 1.29 is 0 Å². The first-order valence-corrected chi connectivity index (χ1v) is 4.24. The second-order valence-corrected chi connectivity index (χ2v) is 3.80. The van der Waals surface area contributed by atoms with Gasteiger partial charge in [-0.2, -0.15) is 0 Å². The Kier molecular flexibility index (Phi) is 1.46. The summed E-state index contributed by atoms with van der Waals surface area (Å²) in [6, 6.07) is 0. The van der Waals surface area contributed by atoms with Gasteiger partial charge < -0.3 is 10.2 Å². The molecule has 0 aliphatic carbocycles. The number of hydrogen-bond donors (Lipinski definition) is 1. The summed E-state index contributed by atoms with van der Waals surface area (Å²) >= 11 is 0. The van der Waals surface area contributed by atoms with Crippen LogP contribution in [0.25, 0.3) is 0 Å². The zero-order valence-corrected chi connectivity index (χ0v) is 6.69. The molecular weight excluding hydrogens is 124 g/mol. The molecule has 1 N–H and O–H groups in total. The van der Waals surface area contributed by atoms with Crippen molar-refractivity contribution >= 4 is 0 Å². The monoisotopic (exact) mass is 140 g/mol. The average molecular weight is 140 g/mol. The lowest BCUT2D eigenvalue weighted by molar-refractivity contribution is 0.344. The smallest absolute Gasteiger partial charge is 0.0321 e. The Bertz CT molecular complexity index is 127. The second kappa shape index (κ2) is 2.21. The van der Waals surface area contributed by atoms with Crippen LogP contribution < -0.4 is 5.32 Å².